The molecule has 0 amide bonds. The second-order valence-corrected chi connectivity index (χ2v) is 24.2. The van der Waals surface area contributed by atoms with Crippen molar-refractivity contribution < 1.29 is 0 Å². The fourth-order valence-corrected chi connectivity index (χ4v) is 15.0. The van der Waals surface area contributed by atoms with Crippen LogP contribution in [0, 0.1) is 6.57 Å². The van der Waals surface area contributed by atoms with Gasteiger partial charge in [-0.15, -0.1) is 0 Å². The second-order valence-electron chi connectivity index (χ2n) is 24.2. The molecule has 1 aliphatic rings. The van der Waals surface area contributed by atoms with Gasteiger partial charge in [-0.05, 0) is 118 Å². The van der Waals surface area contributed by atoms with Crippen LogP contribution in [0.5, 0.6) is 0 Å². The highest BCUT2D eigenvalue weighted by Gasteiger charge is 2.36. The number of hydrogen-bond donors (Lipinski definition) is 0. The number of benzene rings is 14. The molecular weight excluding hydrogens is 1080 g/mol. The van der Waals surface area contributed by atoms with Crippen molar-refractivity contribution in [1.82, 2.24) is 19.9 Å². The van der Waals surface area contributed by atoms with E-state index in [9.17, 15) is 0 Å². The first-order valence-corrected chi connectivity index (χ1v) is 30.4. The lowest BCUT2D eigenvalue weighted by molar-refractivity contribution is 0.661. The normalized spacial score (nSPS) is 12.7. The third-order valence-electron chi connectivity index (χ3n) is 19.1. The molecule has 1 aliphatic carbocycles. The number of rotatable bonds is 4. The molecule has 4 aromatic heterocycles. The highest BCUT2D eigenvalue weighted by Crippen LogP contribution is 2.52. The number of nitrogens with zero attached hydrogens (tertiary/aromatic N) is 5. The zero-order chi connectivity index (χ0) is 59.1. The van der Waals surface area contributed by atoms with Crippen molar-refractivity contribution in [3.63, 3.8) is 0 Å². The van der Waals surface area contributed by atoms with Crippen LogP contribution in [0.3, 0.4) is 0 Å². The van der Waals surface area contributed by atoms with Gasteiger partial charge in [-0.1, -0.05) is 244 Å². The van der Waals surface area contributed by atoms with Gasteiger partial charge in [0.2, 0.25) is 0 Å². The molecule has 18 aromatic rings. The maximum atomic E-state index is 7.50. The van der Waals surface area contributed by atoms with Crippen molar-refractivity contribution in [2.45, 2.75) is 19.3 Å². The summed E-state index contributed by atoms with van der Waals surface area (Å²) in [7, 11) is 0. The smallest absolute Gasteiger partial charge is 0.187 e. The molecule has 19 rings (SSSR count). The van der Waals surface area contributed by atoms with Gasteiger partial charge in [0.1, 0.15) is 0 Å². The van der Waals surface area contributed by atoms with Gasteiger partial charge in [0.05, 0.1) is 40.0 Å². The van der Waals surface area contributed by atoms with E-state index in [4.69, 9.17) is 26.5 Å². The third-order valence-corrected chi connectivity index (χ3v) is 19.1. The van der Waals surface area contributed by atoms with Crippen molar-refractivity contribution in [3.05, 3.63) is 296 Å². The van der Waals surface area contributed by atoms with E-state index in [2.05, 4.69) is 261 Å². The first kappa shape index (κ1) is 50.6. The van der Waals surface area contributed by atoms with Crippen LogP contribution in [-0.2, 0) is 5.41 Å². The van der Waals surface area contributed by atoms with E-state index in [1.54, 1.807) is 0 Å². The van der Waals surface area contributed by atoms with Gasteiger partial charge in [0.15, 0.2) is 5.69 Å². The molecule has 0 fully saturated rings. The fraction of sp³-hybridized carbons (Fsp3) is 0.0357. The number of hydrogen-bond acceptors (Lipinski definition) is 4. The minimum Gasteiger partial charge on any atom is -0.256 e. The third kappa shape index (κ3) is 7.61. The minimum absolute atomic E-state index is 0.173. The van der Waals surface area contributed by atoms with Crippen LogP contribution in [0.15, 0.2) is 273 Å². The largest absolute Gasteiger partial charge is 0.256 e. The van der Waals surface area contributed by atoms with Crippen LogP contribution < -0.4 is 0 Å². The number of aromatic nitrogens is 4. The molecule has 0 spiro atoms. The summed E-state index contributed by atoms with van der Waals surface area (Å²) >= 11 is 0. The van der Waals surface area contributed by atoms with Crippen molar-refractivity contribution in [2.24, 2.45) is 0 Å². The molecule has 0 saturated heterocycles. The second kappa shape index (κ2) is 19.4. The van der Waals surface area contributed by atoms with Gasteiger partial charge in [-0.2, -0.15) is 0 Å². The van der Waals surface area contributed by atoms with E-state index in [0.29, 0.717) is 5.69 Å². The Morgan fingerprint density at radius 3 is 1.31 bits per heavy atom. The number of fused-ring (bicyclic) bond motifs is 19. The predicted octanol–water partition coefficient (Wildman–Crippen LogP) is 22.6. The monoisotopic (exact) mass is 1130 g/mol. The molecular formula is C84H51N5. The molecule has 0 unspecified atom stereocenters. The molecule has 0 radical (unpaired) electrons. The van der Waals surface area contributed by atoms with E-state index < -0.39 is 0 Å². The molecule has 14 aromatic carbocycles. The first-order chi connectivity index (χ1) is 43.9. The lowest BCUT2D eigenvalue weighted by Gasteiger charge is -2.22. The van der Waals surface area contributed by atoms with Crippen molar-refractivity contribution >= 4 is 125 Å². The molecule has 0 N–H and O–H groups in total. The van der Waals surface area contributed by atoms with Gasteiger partial charge in [0, 0.05) is 82.8 Å². The summed E-state index contributed by atoms with van der Waals surface area (Å²) in [6.45, 7) is 12.0. The highest BCUT2D eigenvalue weighted by molar-refractivity contribution is 6.34. The van der Waals surface area contributed by atoms with Gasteiger partial charge in [-0.3, -0.25) is 9.97 Å². The predicted molar refractivity (Wildman–Crippen MR) is 373 cm³/mol. The van der Waals surface area contributed by atoms with E-state index >= 15 is 0 Å². The van der Waals surface area contributed by atoms with Crippen molar-refractivity contribution in [2.75, 3.05) is 0 Å². The molecule has 5 heteroatoms. The van der Waals surface area contributed by atoms with Crippen LogP contribution in [0.4, 0.5) is 5.69 Å². The van der Waals surface area contributed by atoms with E-state index in [-0.39, 0.29) is 5.41 Å². The summed E-state index contributed by atoms with van der Waals surface area (Å²) in [6.07, 6.45) is 3.77. The van der Waals surface area contributed by atoms with Crippen LogP contribution in [0.25, 0.3) is 180 Å². The molecule has 5 nitrogen and oxygen atoms in total. The average molecular weight is 1130 g/mol. The standard InChI is InChI=1S/C42H27N3.C42H24N2/c1-42(2)35-23-27(18-20-29(35)30-21-19-28(43-3)24-36(30)42)25-14-16-26(17-15-25)40-39-34-12-8-22-44-41(34)32-10-5-4-9-31(32)38(39)33-11-6-7-13-37(33)45-40;1-2-10-33-31(9-1)39-34-11-3-4-13-36(34)44-41(40(39)35-12-6-24-43-42(33)35)29-18-14-25(15-19-29)30-22-20-28-17-16-26-7-5-8-27-21-23-32(30)38(28)37(26)27/h4-24H,1-2H3;1-24H. The maximum Gasteiger partial charge on any atom is 0.187 e. The first-order valence-electron chi connectivity index (χ1n) is 30.4. The van der Waals surface area contributed by atoms with Gasteiger partial charge >= 0.3 is 0 Å². The van der Waals surface area contributed by atoms with E-state index in [1.165, 1.54) is 104 Å². The van der Waals surface area contributed by atoms with Crippen LogP contribution in [-0.4, -0.2) is 19.9 Å². The van der Waals surface area contributed by atoms with Crippen molar-refractivity contribution in [1.29, 1.82) is 0 Å². The summed E-state index contributed by atoms with van der Waals surface area (Å²) in [6, 6.07) is 93.5. The Kier molecular flexibility index (Phi) is 11.0. The molecule has 0 aliphatic heterocycles. The summed E-state index contributed by atoms with van der Waals surface area (Å²) in [5.41, 5.74) is 18.5. The van der Waals surface area contributed by atoms with Gasteiger partial charge in [-0.25, -0.2) is 14.8 Å². The Balaban J connectivity index is 0.000000133. The lowest BCUT2D eigenvalue weighted by Crippen LogP contribution is -2.14. The van der Waals surface area contributed by atoms with E-state index in [0.717, 1.165) is 82.5 Å². The number of pyridine rings is 4. The summed E-state index contributed by atoms with van der Waals surface area (Å²) < 4.78 is 0. The van der Waals surface area contributed by atoms with Crippen LogP contribution in [0.2, 0.25) is 0 Å². The topological polar surface area (TPSA) is 55.9 Å². The molecule has 0 atom stereocenters. The fourth-order valence-electron chi connectivity index (χ4n) is 15.0. The molecule has 0 saturated carbocycles. The molecule has 4 heterocycles. The Labute approximate surface area is 512 Å². The van der Waals surface area contributed by atoms with Gasteiger partial charge < -0.3 is 0 Å². The molecule has 412 valence electrons. The van der Waals surface area contributed by atoms with Crippen LogP contribution in [0.1, 0.15) is 25.0 Å². The lowest BCUT2D eigenvalue weighted by atomic mass is 9.81. The zero-order valence-electron chi connectivity index (χ0n) is 48.7. The SMILES string of the molecule is [C-]#[N+]c1ccc2c(c1)C(C)(C)c1cc(-c3ccc(-c4nc5ccccc5c5c6ccccc6c6ncccc6c45)cc3)ccc1-2.c1cc2ccc3ccc(-c4ccc(-c5nc6ccccc6c6c7ccccc7c7ncccc7c56)cc4)c4ccc(c1)c2c34. The Morgan fingerprint density at radius 1 is 0.303 bits per heavy atom. The Hall–Kier alpha value is -11.7. The molecule has 0 bridgehead atoms. The minimum atomic E-state index is -0.173. The average Bonchev–Trinajstić information content (AvgIpc) is 1.68. The quantitative estimate of drug-likeness (QED) is 0.130. The summed E-state index contributed by atoms with van der Waals surface area (Å²) in [5.74, 6) is 0. The Bertz CT molecular complexity index is 6060. The zero-order valence-corrected chi connectivity index (χ0v) is 48.7. The van der Waals surface area contributed by atoms with Crippen molar-refractivity contribution in [3.8, 4) is 55.9 Å². The van der Waals surface area contributed by atoms with Crippen LogP contribution >= 0.6 is 0 Å². The molecule has 89 heavy (non-hydrogen) atoms. The summed E-state index contributed by atoms with van der Waals surface area (Å²) in [5, 5.41) is 21.9. The summed E-state index contributed by atoms with van der Waals surface area (Å²) in [4.78, 5) is 24.0. The van der Waals surface area contributed by atoms with Gasteiger partial charge in [0.25, 0.3) is 0 Å². The maximum absolute atomic E-state index is 7.50. The number of para-hydroxylation sites is 2. The highest BCUT2D eigenvalue weighted by atomic mass is 14.7. The van der Waals surface area contributed by atoms with E-state index in [1.807, 2.05) is 30.6 Å². The Morgan fingerprint density at radius 2 is 0.742 bits per heavy atom.